The molecule has 30 heteroatoms. The summed E-state index contributed by atoms with van der Waals surface area (Å²) >= 11 is 0. The van der Waals surface area contributed by atoms with Gasteiger partial charge in [-0.25, -0.2) is 56.3 Å². The van der Waals surface area contributed by atoms with Gasteiger partial charge in [-0.05, 0) is 181 Å². The fraction of sp³-hybridized carbons (Fsp3) is 0.545. The zero-order valence-corrected chi connectivity index (χ0v) is 55.3. The molecule has 4 aromatic carbocycles. The van der Waals surface area contributed by atoms with Crippen LogP contribution in [0.25, 0.3) is 0 Å². The molecule has 10 N–H and O–H groups in total. The molecule has 7 atom stereocenters. The molecule has 4 saturated heterocycles. The number of halogens is 9. The minimum absolute atomic E-state index is 0.00216. The van der Waals surface area contributed by atoms with Gasteiger partial charge in [0, 0.05) is 106 Å². The van der Waals surface area contributed by atoms with E-state index >= 15 is 0 Å². The predicted molar refractivity (Wildman–Crippen MR) is 338 cm³/mol. The standard InChI is InChI=1S/C24H31F3N4O3.C24H28F3N3O4S.C18H25F3N2O3S/c25-17-11-19(27)18(26)9-13(17)10-20(28)14-7-15-3-4-16(8-14)31(15)24(34)21(5-6-22(29)32)30-23(33)12-1-2-12;1-15(31)29-18-2-4-19(5-3-18)35(33,34)11-8-24(32)30-9-6-16(7-10-30)23(28)13-17-12-21(26)22(27)14-20(17)25;1-11(2)27(25,26)10-18(24)23-5-3-12(4-6-23)17(22)8-13-7-15(20)16(21)9-14(13)19/h9,11-12,14-16,20-21H,1-8,10,28H2,(H2,29,32)(H,30,33);2-5,12,14,16,23H,6-11,13,28H2,1H3,(H,29,31);7,9,11-12,17H,3-6,8,10,22H2,1-2H3/t14?,15-,16+,20-,21+;23-;17-/m111/s1. The predicted octanol–water partition coefficient (Wildman–Crippen LogP) is 6.97. The molecule has 1 saturated carbocycles. The Morgan fingerprint density at radius 2 is 0.948 bits per heavy atom. The van der Waals surface area contributed by atoms with Crippen molar-refractivity contribution in [3.8, 4) is 0 Å². The van der Waals surface area contributed by atoms with Gasteiger partial charge in [-0.15, -0.1) is 0 Å². The number of rotatable bonds is 23. The van der Waals surface area contributed by atoms with E-state index in [-0.39, 0.29) is 125 Å². The lowest BCUT2D eigenvalue weighted by Crippen LogP contribution is -2.56. The molecule has 4 aliphatic heterocycles. The number of nitrogens with zero attached hydrogens (tertiary/aromatic N) is 3. The number of carbonyl (C=O) groups is 6. The Morgan fingerprint density at radius 1 is 0.542 bits per heavy atom. The van der Waals surface area contributed by atoms with Gasteiger partial charge in [0.2, 0.25) is 35.4 Å². The molecule has 1 unspecified atom stereocenters. The van der Waals surface area contributed by atoms with E-state index in [2.05, 4.69) is 10.6 Å². The van der Waals surface area contributed by atoms with Crippen molar-refractivity contribution in [2.75, 3.05) is 43.0 Å². The summed E-state index contributed by atoms with van der Waals surface area (Å²) in [6.07, 6.45) is 6.70. The molecule has 4 heterocycles. The summed E-state index contributed by atoms with van der Waals surface area (Å²) in [5, 5.41) is 4.76. The summed E-state index contributed by atoms with van der Waals surface area (Å²) in [5.41, 5.74) is 24.5. The molecule has 4 aromatic rings. The number of nitrogens with one attached hydrogen (secondary N) is 2. The highest BCUT2D eigenvalue weighted by atomic mass is 32.2. The van der Waals surface area contributed by atoms with Crippen LogP contribution in [0.4, 0.5) is 45.2 Å². The lowest BCUT2D eigenvalue weighted by atomic mass is 9.82. The highest BCUT2D eigenvalue weighted by Gasteiger charge is 2.47. The maximum Gasteiger partial charge on any atom is 0.245 e. The number of hydrogen-bond donors (Lipinski definition) is 6. The lowest BCUT2D eigenvalue weighted by Gasteiger charge is -2.42. The van der Waals surface area contributed by atoms with E-state index in [1.807, 2.05) is 4.90 Å². The number of amides is 6. The number of nitrogens with two attached hydrogens (primary N) is 4. The van der Waals surface area contributed by atoms with Crippen molar-refractivity contribution >= 4 is 60.8 Å². The molecule has 2 bridgehead atoms. The molecule has 19 nitrogen and oxygen atoms in total. The minimum Gasteiger partial charge on any atom is -0.370 e. The van der Waals surface area contributed by atoms with E-state index in [0.717, 1.165) is 43.9 Å². The summed E-state index contributed by atoms with van der Waals surface area (Å²) < 4.78 is 170. The SMILES string of the molecule is CC(=O)Nc1ccc(S(=O)(=O)CCC(=O)N2CCC([C@H](N)Cc3cc(F)c(F)cc3F)CC2)cc1.CC(C)S(=O)(=O)CC(=O)N1CCC([C@H](N)Cc2cc(F)c(F)cc2F)CC1.NC(=O)CC[C@H](NC(=O)C1CC1)C(=O)N1[C@@H]2CC[C@H]1CC([C@H](N)Cc1cc(F)c(F)cc1F)C2. The number of fused-ring (bicyclic) bond motifs is 2. The number of carbonyl (C=O) groups excluding carboxylic acids is 6. The molecular formula is C66H84F9N9O10S2. The zero-order valence-electron chi connectivity index (χ0n) is 53.6. The topological polar surface area (TPSA) is 309 Å². The Morgan fingerprint density at radius 3 is 1.34 bits per heavy atom. The van der Waals surface area contributed by atoms with Crippen LogP contribution in [0.15, 0.2) is 65.6 Å². The number of hydrogen-bond acceptors (Lipinski definition) is 13. The van der Waals surface area contributed by atoms with Crippen LogP contribution in [0.1, 0.15) is 121 Å². The summed E-state index contributed by atoms with van der Waals surface area (Å²) in [6.45, 7) is 5.90. The quantitative estimate of drug-likeness (QED) is 0.0323. The maximum absolute atomic E-state index is 14.1. The molecular weight excluding hydrogens is 1310 g/mol. The molecule has 5 fully saturated rings. The lowest BCUT2D eigenvalue weighted by molar-refractivity contribution is -0.141. The number of anilines is 1. The van der Waals surface area contributed by atoms with Crippen LogP contribution in [0, 0.1) is 76.0 Å². The second kappa shape index (κ2) is 33.4. The van der Waals surface area contributed by atoms with Crippen LogP contribution >= 0.6 is 0 Å². The Bertz CT molecular complexity index is 3680. The molecule has 0 spiro atoms. The normalized spacial score (nSPS) is 19.7. The van der Waals surface area contributed by atoms with Crippen LogP contribution in [0.3, 0.4) is 0 Å². The van der Waals surface area contributed by atoms with Gasteiger partial charge in [0.25, 0.3) is 0 Å². The summed E-state index contributed by atoms with van der Waals surface area (Å²) in [6, 6.07) is 7.37. The number of likely N-dealkylation sites (tertiary alicyclic amines) is 2. The van der Waals surface area contributed by atoms with Gasteiger partial charge in [-0.2, -0.15) is 0 Å². The molecule has 0 aromatic heterocycles. The van der Waals surface area contributed by atoms with Crippen molar-refractivity contribution in [3.63, 3.8) is 0 Å². The second-order valence-electron chi connectivity index (χ2n) is 25.9. The third-order valence-electron chi connectivity index (χ3n) is 18.7. The van der Waals surface area contributed by atoms with Gasteiger partial charge in [-0.3, -0.25) is 28.8 Å². The van der Waals surface area contributed by atoms with Gasteiger partial charge < -0.3 is 48.3 Å². The van der Waals surface area contributed by atoms with E-state index < -0.39 is 119 Å². The van der Waals surface area contributed by atoms with Gasteiger partial charge in [0.05, 0.1) is 15.9 Å². The third kappa shape index (κ3) is 20.9. The fourth-order valence-electron chi connectivity index (χ4n) is 12.7. The molecule has 96 heavy (non-hydrogen) atoms. The molecule has 6 amide bonds. The number of sulfone groups is 2. The van der Waals surface area contributed by atoms with Crippen LogP contribution in [-0.2, 0) is 67.7 Å². The average Bonchev–Trinajstić information content (AvgIpc) is 1.60. The van der Waals surface area contributed by atoms with Gasteiger partial charge >= 0.3 is 0 Å². The van der Waals surface area contributed by atoms with Crippen molar-refractivity contribution in [3.05, 3.63) is 130 Å². The molecule has 5 aliphatic rings. The fourth-order valence-corrected chi connectivity index (χ4v) is 14.8. The monoisotopic (exact) mass is 1400 g/mol. The van der Waals surface area contributed by atoms with Gasteiger partial charge in [0.1, 0.15) is 29.2 Å². The highest BCUT2D eigenvalue weighted by Crippen LogP contribution is 2.41. The van der Waals surface area contributed by atoms with Crippen LogP contribution in [0.5, 0.6) is 0 Å². The first-order valence-corrected chi connectivity index (χ1v) is 35.4. The van der Waals surface area contributed by atoms with Crippen molar-refractivity contribution in [1.29, 1.82) is 0 Å². The zero-order chi connectivity index (χ0) is 70.7. The van der Waals surface area contributed by atoms with Gasteiger partial charge in [-0.1, -0.05) is 0 Å². The van der Waals surface area contributed by atoms with Crippen molar-refractivity contribution in [2.45, 2.75) is 170 Å². The molecule has 528 valence electrons. The largest absolute Gasteiger partial charge is 0.370 e. The molecule has 1 aliphatic carbocycles. The Kier molecular flexibility index (Phi) is 26.5. The maximum atomic E-state index is 14.1. The Balaban J connectivity index is 0.000000205. The van der Waals surface area contributed by atoms with Gasteiger partial charge in [0.15, 0.2) is 54.6 Å². The van der Waals surface area contributed by atoms with E-state index in [4.69, 9.17) is 22.9 Å². The van der Waals surface area contributed by atoms with Crippen molar-refractivity contribution in [2.24, 2.45) is 46.6 Å². The first-order chi connectivity index (χ1) is 45.1. The van der Waals surface area contributed by atoms with E-state index in [1.165, 1.54) is 49.9 Å². The number of benzene rings is 4. The van der Waals surface area contributed by atoms with Crippen molar-refractivity contribution in [1.82, 2.24) is 20.0 Å². The smallest absolute Gasteiger partial charge is 0.245 e. The first-order valence-electron chi connectivity index (χ1n) is 32.1. The summed E-state index contributed by atoms with van der Waals surface area (Å²) in [5.74, 6) is -12.5. The van der Waals surface area contributed by atoms with Crippen LogP contribution in [-0.4, -0.2) is 146 Å². The number of primary amides is 1. The first kappa shape index (κ1) is 76.2. The van der Waals surface area contributed by atoms with E-state index in [1.54, 1.807) is 4.90 Å². The Labute approximate surface area is 552 Å². The number of piperidine rings is 3. The Hall–Kier alpha value is -7.15. The van der Waals surface area contributed by atoms with E-state index in [0.29, 0.717) is 88.6 Å². The molecule has 9 rings (SSSR count). The van der Waals surface area contributed by atoms with E-state index in [9.17, 15) is 85.1 Å². The third-order valence-corrected chi connectivity index (χ3v) is 22.5. The summed E-state index contributed by atoms with van der Waals surface area (Å²) in [7, 11) is -7.14. The van der Waals surface area contributed by atoms with Crippen molar-refractivity contribution < 1.29 is 85.1 Å². The van der Waals surface area contributed by atoms with Crippen LogP contribution in [0.2, 0.25) is 0 Å². The highest BCUT2D eigenvalue weighted by molar-refractivity contribution is 7.92. The average molecular weight is 1400 g/mol. The second-order valence-corrected chi connectivity index (χ2v) is 30.6. The molecule has 0 radical (unpaired) electrons. The minimum atomic E-state index is -3.68. The summed E-state index contributed by atoms with van der Waals surface area (Å²) in [4.78, 5) is 77.9. The van der Waals surface area contributed by atoms with Crippen LogP contribution < -0.4 is 33.6 Å².